The fourth-order valence-corrected chi connectivity index (χ4v) is 4.37. The average molecular weight is 435 g/mol. The van der Waals surface area contributed by atoms with Crippen molar-refractivity contribution in [2.45, 2.75) is 31.7 Å². The van der Waals surface area contributed by atoms with Crippen LogP contribution in [0, 0.1) is 11.7 Å². The molecule has 9 heteroatoms. The monoisotopic (exact) mass is 434 g/mol. The second-order valence-corrected chi connectivity index (χ2v) is 8.62. The Labute approximate surface area is 184 Å². The largest absolute Gasteiger partial charge is 0.372 e. The molecule has 2 aliphatic heterocycles. The van der Waals surface area contributed by atoms with Gasteiger partial charge in [-0.25, -0.2) is 9.37 Å². The number of aldehydes is 1. The molecular weight excluding hydrogens is 399 g/mol. The molecule has 31 heavy (non-hydrogen) atoms. The molecule has 172 valence electrons. The van der Waals surface area contributed by atoms with Gasteiger partial charge in [0, 0.05) is 52.3 Å². The Morgan fingerprint density at radius 1 is 1.26 bits per heavy atom. The number of hydrogen-bond acceptors (Lipinski definition) is 7. The zero-order chi connectivity index (χ0) is 22.2. The van der Waals surface area contributed by atoms with Gasteiger partial charge < -0.3 is 25.2 Å². The van der Waals surface area contributed by atoms with Gasteiger partial charge in [0.15, 0.2) is 11.6 Å². The Balaban J connectivity index is 1.53. The Bertz CT molecular complexity index is 733. The molecule has 1 atom stereocenters. The molecule has 0 radical (unpaired) electrons. The molecule has 2 aliphatic rings. The second kappa shape index (κ2) is 11.4. The molecule has 3 heterocycles. The number of halogens is 1. The Morgan fingerprint density at radius 2 is 1.97 bits per heavy atom. The number of rotatable bonds is 9. The number of aromatic nitrogens is 1. The number of nitrogens with one attached hydrogen (secondary N) is 2. The lowest BCUT2D eigenvalue weighted by Gasteiger charge is -2.38. The molecule has 2 saturated heterocycles. The van der Waals surface area contributed by atoms with Gasteiger partial charge in [-0.2, -0.15) is 0 Å². The molecule has 2 N–H and O–H groups in total. The van der Waals surface area contributed by atoms with Crippen molar-refractivity contribution in [2.75, 3.05) is 70.1 Å². The molecule has 2 fully saturated rings. The van der Waals surface area contributed by atoms with Gasteiger partial charge in [0.25, 0.3) is 0 Å². The van der Waals surface area contributed by atoms with Gasteiger partial charge in [-0.3, -0.25) is 9.69 Å². The van der Waals surface area contributed by atoms with Crippen molar-refractivity contribution in [1.82, 2.24) is 20.1 Å². The van der Waals surface area contributed by atoms with E-state index >= 15 is 0 Å². The number of piperazine rings is 1. The molecule has 1 aromatic heterocycles. The normalized spacial score (nSPS) is 19.8. The summed E-state index contributed by atoms with van der Waals surface area (Å²) in [6.07, 6.45) is 5.43. The first-order valence-corrected chi connectivity index (χ1v) is 11.2. The lowest BCUT2D eigenvalue weighted by molar-refractivity contribution is -0.121. The number of amides is 1. The van der Waals surface area contributed by atoms with Crippen LogP contribution in [0.15, 0.2) is 12.3 Å². The third kappa shape index (κ3) is 6.61. The number of pyridine rings is 1. The summed E-state index contributed by atoms with van der Waals surface area (Å²) >= 11 is 0. The first kappa shape index (κ1) is 23.4. The fraction of sp³-hybridized carbons (Fsp3) is 0.682. The number of piperidine rings is 1. The van der Waals surface area contributed by atoms with Crippen LogP contribution in [-0.2, 0) is 9.59 Å². The van der Waals surface area contributed by atoms with Crippen molar-refractivity contribution in [3.63, 3.8) is 0 Å². The van der Waals surface area contributed by atoms with E-state index in [1.165, 1.54) is 39.0 Å². The van der Waals surface area contributed by atoms with E-state index < -0.39 is 11.9 Å². The minimum Gasteiger partial charge on any atom is -0.372 e. The molecule has 0 aromatic carbocycles. The van der Waals surface area contributed by atoms with Gasteiger partial charge in [-0.1, -0.05) is 0 Å². The third-order valence-corrected chi connectivity index (χ3v) is 6.33. The summed E-state index contributed by atoms with van der Waals surface area (Å²) < 4.78 is 14.8. The maximum atomic E-state index is 14.8. The fourth-order valence-electron chi connectivity index (χ4n) is 4.37. The van der Waals surface area contributed by atoms with Crippen LogP contribution < -0.4 is 15.5 Å². The number of carbonyl (C=O) groups is 2. The highest BCUT2D eigenvalue weighted by atomic mass is 19.1. The molecule has 8 nitrogen and oxygen atoms in total. The van der Waals surface area contributed by atoms with Crippen molar-refractivity contribution in [3.05, 3.63) is 18.1 Å². The molecule has 0 spiro atoms. The van der Waals surface area contributed by atoms with Crippen molar-refractivity contribution >= 4 is 23.7 Å². The number of likely N-dealkylation sites (N-methyl/N-ethyl adjacent to an activating group) is 1. The highest BCUT2D eigenvalue weighted by Crippen LogP contribution is 2.23. The number of hydrogen-bond donors (Lipinski definition) is 2. The van der Waals surface area contributed by atoms with E-state index in [-0.39, 0.29) is 12.3 Å². The maximum Gasteiger partial charge on any atom is 0.242 e. The van der Waals surface area contributed by atoms with Crippen LogP contribution in [0.3, 0.4) is 0 Å². The van der Waals surface area contributed by atoms with Gasteiger partial charge in [0.2, 0.25) is 5.91 Å². The van der Waals surface area contributed by atoms with Gasteiger partial charge in [-0.15, -0.1) is 0 Å². The highest BCUT2D eigenvalue weighted by molar-refractivity contribution is 5.84. The smallest absolute Gasteiger partial charge is 0.242 e. The van der Waals surface area contributed by atoms with Crippen LogP contribution >= 0.6 is 0 Å². The number of likely N-dealkylation sites (tertiary alicyclic amines) is 1. The lowest BCUT2D eigenvalue weighted by Crippen LogP contribution is -2.49. The average Bonchev–Trinajstić information content (AvgIpc) is 2.78. The number of nitrogens with zero attached hydrogens (tertiary/aromatic N) is 4. The summed E-state index contributed by atoms with van der Waals surface area (Å²) in [4.78, 5) is 33.8. The summed E-state index contributed by atoms with van der Waals surface area (Å²) in [6, 6.07) is 0.773. The van der Waals surface area contributed by atoms with Crippen LogP contribution in [0.1, 0.15) is 25.7 Å². The second-order valence-electron chi connectivity index (χ2n) is 8.62. The molecule has 3 rings (SSSR count). The van der Waals surface area contributed by atoms with E-state index in [0.717, 1.165) is 44.9 Å². The Hall–Kier alpha value is -2.26. The number of anilines is 2. The third-order valence-electron chi connectivity index (χ3n) is 6.33. The zero-order valence-corrected chi connectivity index (χ0v) is 18.6. The van der Waals surface area contributed by atoms with Crippen molar-refractivity contribution < 1.29 is 14.0 Å². The zero-order valence-electron chi connectivity index (χ0n) is 18.6. The van der Waals surface area contributed by atoms with E-state index in [0.29, 0.717) is 17.9 Å². The molecular formula is C22H35FN6O2. The molecule has 1 amide bonds. The van der Waals surface area contributed by atoms with Crippen LogP contribution in [0.5, 0.6) is 0 Å². The minimum atomic E-state index is -0.606. The van der Waals surface area contributed by atoms with Gasteiger partial charge in [0.1, 0.15) is 12.3 Å². The quantitative estimate of drug-likeness (QED) is 0.565. The SMILES string of the molecule is CNC(=O)C(CCC=O)Nc1cnc(N2CCN(CC3CCN(C)CC3)CC2)c(F)c1. The van der Waals surface area contributed by atoms with Crippen LogP contribution in [-0.4, -0.2) is 92.9 Å². The van der Waals surface area contributed by atoms with Crippen LogP contribution in [0.4, 0.5) is 15.9 Å². The van der Waals surface area contributed by atoms with Crippen LogP contribution in [0.2, 0.25) is 0 Å². The molecule has 0 saturated carbocycles. The van der Waals surface area contributed by atoms with Crippen molar-refractivity contribution in [1.29, 1.82) is 0 Å². The van der Waals surface area contributed by atoms with Gasteiger partial charge in [0.05, 0.1) is 11.9 Å². The lowest BCUT2D eigenvalue weighted by atomic mass is 9.96. The van der Waals surface area contributed by atoms with E-state index in [1.54, 1.807) is 6.20 Å². The molecule has 0 bridgehead atoms. The van der Waals surface area contributed by atoms with E-state index in [1.807, 2.05) is 4.90 Å². The first-order chi connectivity index (χ1) is 15.0. The molecule has 1 unspecified atom stereocenters. The first-order valence-electron chi connectivity index (χ1n) is 11.2. The van der Waals surface area contributed by atoms with Crippen molar-refractivity contribution in [3.8, 4) is 0 Å². The standard InChI is InChI=1S/C22H35FN6O2/c1-24-22(31)20(4-3-13-30)26-18-14-19(23)21(25-15-18)29-11-9-28(10-12-29)16-17-5-7-27(2)8-6-17/h13-15,17,20,26H,3-12,16H2,1-2H3,(H,24,31). The summed E-state index contributed by atoms with van der Waals surface area (Å²) in [5.74, 6) is 0.469. The van der Waals surface area contributed by atoms with Crippen molar-refractivity contribution in [2.24, 2.45) is 5.92 Å². The highest BCUT2D eigenvalue weighted by Gasteiger charge is 2.25. The predicted octanol–water partition coefficient (Wildman–Crippen LogP) is 1.19. The van der Waals surface area contributed by atoms with E-state index in [2.05, 4.69) is 32.5 Å². The maximum absolute atomic E-state index is 14.8. The minimum absolute atomic E-state index is 0.243. The summed E-state index contributed by atoms with van der Waals surface area (Å²) in [5, 5.41) is 5.55. The van der Waals surface area contributed by atoms with Gasteiger partial charge in [-0.05, 0) is 45.3 Å². The topological polar surface area (TPSA) is 80.8 Å². The van der Waals surface area contributed by atoms with E-state index in [9.17, 15) is 14.0 Å². The molecule has 0 aliphatic carbocycles. The summed E-state index contributed by atoms with van der Waals surface area (Å²) in [5.41, 5.74) is 0.432. The Morgan fingerprint density at radius 3 is 2.58 bits per heavy atom. The number of carbonyl (C=O) groups excluding carboxylic acids is 2. The summed E-state index contributed by atoms with van der Waals surface area (Å²) in [6.45, 7) is 6.82. The Kier molecular flexibility index (Phi) is 8.60. The predicted molar refractivity (Wildman–Crippen MR) is 120 cm³/mol. The molecule has 1 aromatic rings. The van der Waals surface area contributed by atoms with Crippen LogP contribution in [0.25, 0.3) is 0 Å². The van der Waals surface area contributed by atoms with E-state index in [4.69, 9.17) is 0 Å². The van der Waals surface area contributed by atoms with Gasteiger partial charge >= 0.3 is 0 Å². The summed E-state index contributed by atoms with van der Waals surface area (Å²) in [7, 11) is 3.72.